The molecule has 1 aromatic heterocycles. The van der Waals surface area contributed by atoms with E-state index in [-0.39, 0.29) is 6.03 Å². The largest absolute Gasteiger partial charge is 0.355 e. The number of benzene rings is 2. The number of nitrogens with zero attached hydrogens (tertiary/aromatic N) is 3. The van der Waals surface area contributed by atoms with Gasteiger partial charge in [0.25, 0.3) is 0 Å². The number of hydrogen-bond donors (Lipinski definition) is 2. The molecule has 148 valence electrons. The third-order valence-corrected chi connectivity index (χ3v) is 5.33. The molecule has 0 aliphatic carbocycles. The standard InChI is InChI=1S/C23H25N5O/c1-16-7-5-10-20(17(16)2)27-23(29)26-19-9-6-8-18(15-19)21-22(25-12-11-24-21)28-13-3-4-14-28/h5-12,15H,3-4,13-14H2,1-2H3,(H2,26,27,29). The van der Waals surface area contributed by atoms with Gasteiger partial charge in [0.1, 0.15) is 5.69 Å². The summed E-state index contributed by atoms with van der Waals surface area (Å²) in [6.45, 7) is 6.03. The van der Waals surface area contributed by atoms with E-state index in [1.165, 1.54) is 12.8 Å². The van der Waals surface area contributed by atoms with Gasteiger partial charge in [-0.3, -0.25) is 4.98 Å². The molecule has 0 spiro atoms. The van der Waals surface area contributed by atoms with Gasteiger partial charge >= 0.3 is 6.03 Å². The minimum atomic E-state index is -0.269. The highest BCUT2D eigenvalue weighted by molar-refractivity contribution is 6.00. The number of carbonyl (C=O) groups excluding carboxylic acids is 1. The maximum atomic E-state index is 12.5. The normalized spacial score (nSPS) is 13.4. The molecule has 0 unspecified atom stereocenters. The van der Waals surface area contributed by atoms with Crippen LogP contribution in [0.1, 0.15) is 24.0 Å². The molecule has 4 rings (SSSR count). The lowest BCUT2D eigenvalue weighted by atomic mass is 10.1. The van der Waals surface area contributed by atoms with E-state index in [4.69, 9.17) is 0 Å². The van der Waals surface area contributed by atoms with Gasteiger partial charge in [-0.05, 0) is 56.0 Å². The Kier molecular flexibility index (Phi) is 5.42. The fraction of sp³-hybridized carbons (Fsp3) is 0.261. The minimum absolute atomic E-state index is 0.269. The highest BCUT2D eigenvalue weighted by Crippen LogP contribution is 2.30. The summed E-state index contributed by atoms with van der Waals surface area (Å²) in [6, 6.07) is 13.3. The van der Waals surface area contributed by atoms with Crippen LogP contribution in [-0.4, -0.2) is 29.1 Å². The van der Waals surface area contributed by atoms with Gasteiger partial charge in [0.2, 0.25) is 0 Å². The smallest absolute Gasteiger partial charge is 0.323 e. The Hall–Kier alpha value is -3.41. The van der Waals surface area contributed by atoms with Gasteiger partial charge in [-0.15, -0.1) is 0 Å². The lowest BCUT2D eigenvalue weighted by Gasteiger charge is -2.19. The fourth-order valence-corrected chi connectivity index (χ4v) is 3.61. The van der Waals surface area contributed by atoms with Crippen molar-refractivity contribution in [3.8, 4) is 11.3 Å². The zero-order valence-electron chi connectivity index (χ0n) is 16.8. The van der Waals surface area contributed by atoms with Crippen molar-refractivity contribution < 1.29 is 4.79 Å². The van der Waals surface area contributed by atoms with Crippen LogP contribution in [0.25, 0.3) is 11.3 Å². The molecule has 2 heterocycles. The first-order chi connectivity index (χ1) is 14.1. The number of rotatable bonds is 4. The average molecular weight is 387 g/mol. The molecule has 3 aromatic rings. The predicted molar refractivity (Wildman–Crippen MR) is 117 cm³/mol. The van der Waals surface area contributed by atoms with Crippen molar-refractivity contribution in [3.05, 3.63) is 66.0 Å². The molecule has 29 heavy (non-hydrogen) atoms. The van der Waals surface area contributed by atoms with Gasteiger partial charge in [0.15, 0.2) is 5.82 Å². The van der Waals surface area contributed by atoms with Crippen LogP contribution in [0.2, 0.25) is 0 Å². The summed E-state index contributed by atoms with van der Waals surface area (Å²) in [6.07, 6.45) is 5.80. The van der Waals surface area contributed by atoms with Crippen LogP contribution in [-0.2, 0) is 0 Å². The van der Waals surface area contributed by atoms with Crippen LogP contribution < -0.4 is 15.5 Å². The number of aryl methyl sites for hydroxylation is 1. The molecular formula is C23H25N5O. The van der Waals surface area contributed by atoms with Crippen molar-refractivity contribution in [1.82, 2.24) is 9.97 Å². The molecule has 2 N–H and O–H groups in total. The summed E-state index contributed by atoms with van der Waals surface area (Å²) in [5.41, 5.74) is 5.50. The summed E-state index contributed by atoms with van der Waals surface area (Å²) in [4.78, 5) is 23.9. The molecule has 0 bridgehead atoms. The van der Waals surface area contributed by atoms with Crippen LogP contribution in [0.4, 0.5) is 22.0 Å². The third kappa shape index (κ3) is 4.21. The fourth-order valence-electron chi connectivity index (χ4n) is 3.61. The second-order valence-electron chi connectivity index (χ2n) is 7.33. The van der Waals surface area contributed by atoms with Crippen LogP contribution in [0, 0.1) is 13.8 Å². The molecule has 0 atom stereocenters. The Bertz CT molecular complexity index is 1030. The minimum Gasteiger partial charge on any atom is -0.355 e. The van der Waals surface area contributed by atoms with Crippen LogP contribution >= 0.6 is 0 Å². The van der Waals surface area contributed by atoms with Crippen molar-refractivity contribution in [2.24, 2.45) is 0 Å². The highest BCUT2D eigenvalue weighted by Gasteiger charge is 2.19. The van der Waals surface area contributed by atoms with Gasteiger partial charge in [-0.25, -0.2) is 9.78 Å². The van der Waals surface area contributed by atoms with E-state index in [1.54, 1.807) is 12.4 Å². The molecule has 6 nitrogen and oxygen atoms in total. The Morgan fingerprint density at radius 1 is 0.966 bits per heavy atom. The second-order valence-corrected chi connectivity index (χ2v) is 7.33. The zero-order chi connectivity index (χ0) is 20.2. The van der Waals surface area contributed by atoms with E-state index in [0.29, 0.717) is 5.69 Å². The lowest BCUT2D eigenvalue weighted by Crippen LogP contribution is -2.21. The molecular weight excluding hydrogens is 362 g/mol. The quantitative estimate of drug-likeness (QED) is 0.661. The maximum Gasteiger partial charge on any atom is 0.323 e. The Balaban J connectivity index is 1.54. The predicted octanol–water partition coefficient (Wildman–Crippen LogP) is 5.00. The van der Waals surface area contributed by atoms with Crippen molar-refractivity contribution in [1.29, 1.82) is 0 Å². The molecule has 0 radical (unpaired) electrons. The molecule has 6 heteroatoms. The SMILES string of the molecule is Cc1cccc(NC(=O)Nc2cccc(-c3nccnc3N3CCCC3)c2)c1C. The summed E-state index contributed by atoms with van der Waals surface area (Å²) >= 11 is 0. The molecule has 2 amide bonds. The molecule has 2 aromatic carbocycles. The number of nitrogens with one attached hydrogen (secondary N) is 2. The van der Waals surface area contributed by atoms with Crippen LogP contribution in [0.3, 0.4) is 0 Å². The summed E-state index contributed by atoms with van der Waals surface area (Å²) in [5, 5.41) is 5.85. The van der Waals surface area contributed by atoms with E-state index in [2.05, 4.69) is 25.5 Å². The second kappa shape index (κ2) is 8.31. The van der Waals surface area contributed by atoms with Crippen molar-refractivity contribution in [2.75, 3.05) is 28.6 Å². The van der Waals surface area contributed by atoms with Crippen LogP contribution in [0.15, 0.2) is 54.9 Å². The van der Waals surface area contributed by atoms with E-state index in [9.17, 15) is 4.79 Å². The summed E-state index contributed by atoms with van der Waals surface area (Å²) in [7, 11) is 0. The third-order valence-electron chi connectivity index (χ3n) is 5.33. The van der Waals surface area contributed by atoms with Crippen LogP contribution in [0.5, 0.6) is 0 Å². The Labute approximate surface area is 171 Å². The van der Waals surface area contributed by atoms with Crippen molar-refractivity contribution in [3.63, 3.8) is 0 Å². The number of amides is 2. The van der Waals surface area contributed by atoms with Gasteiger partial charge in [-0.2, -0.15) is 0 Å². The van der Waals surface area contributed by atoms with Crippen molar-refractivity contribution >= 4 is 23.2 Å². The zero-order valence-corrected chi connectivity index (χ0v) is 16.8. The Morgan fingerprint density at radius 2 is 1.72 bits per heavy atom. The van der Waals surface area contributed by atoms with Gasteiger partial charge in [-0.1, -0.05) is 24.3 Å². The molecule has 1 aliphatic rings. The molecule has 1 saturated heterocycles. The van der Waals surface area contributed by atoms with Gasteiger partial charge in [0, 0.05) is 42.4 Å². The first-order valence-electron chi connectivity index (χ1n) is 9.92. The molecule has 0 saturated carbocycles. The maximum absolute atomic E-state index is 12.5. The topological polar surface area (TPSA) is 70.1 Å². The summed E-state index contributed by atoms with van der Waals surface area (Å²) < 4.78 is 0. The molecule has 1 fully saturated rings. The highest BCUT2D eigenvalue weighted by atomic mass is 16.2. The van der Waals surface area contributed by atoms with E-state index >= 15 is 0 Å². The number of urea groups is 1. The first kappa shape index (κ1) is 18.9. The average Bonchev–Trinajstić information content (AvgIpc) is 3.26. The van der Waals surface area contributed by atoms with Gasteiger partial charge < -0.3 is 15.5 Å². The van der Waals surface area contributed by atoms with Gasteiger partial charge in [0.05, 0.1) is 0 Å². The Morgan fingerprint density at radius 3 is 2.55 bits per heavy atom. The number of carbonyl (C=O) groups is 1. The molecule has 1 aliphatic heterocycles. The monoisotopic (exact) mass is 387 g/mol. The number of aromatic nitrogens is 2. The number of hydrogen-bond acceptors (Lipinski definition) is 4. The summed E-state index contributed by atoms with van der Waals surface area (Å²) in [5.74, 6) is 0.905. The first-order valence-corrected chi connectivity index (χ1v) is 9.92. The van der Waals surface area contributed by atoms with Crippen molar-refractivity contribution in [2.45, 2.75) is 26.7 Å². The van der Waals surface area contributed by atoms with E-state index in [0.717, 1.165) is 47.0 Å². The number of anilines is 3. The lowest BCUT2D eigenvalue weighted by molar-refractivity contribution is 0.262. The van der Waals surface area contributed by atoms with E-state index in [1.807, 2.05) is 56.3 Å². The van der Waals surface area contributed by atoms with E-state index < -0.39 is 0 Å².